The highest BCUT2D eigenvalue weighted by Crippen LogP contribution is 2.13. The topological polar surface area (TPSA) is 63.6 Å². The first kappa shape index (κ1) is 21.2. The van der Waals surface area contributed by atoms with E-state index in [1.165, 1.54) is 49.8 Å². The molecule has 0 aliphatic carbocycles. The first-order valence-corrected chi connectivity index (χ1v) is 9.98. The summed E-state index contributed by atoms with van der Waals surface area (Å²) in [5, 5.41) is 0. The van der Waals surface area contributed by atoms with E-state index in [-0.39, 0.29) is 4.90 Å². The van der Waals surface area contributed by atoms with Crippen LogP contribution in [-0.4, -0.2) is 20.1 Å². The van der Waals surface area contributed by atoms with E-state index in [0.29, 0.717) is 0 Å². The van der Waals surface area contributed by atoms with Crippen molar-refractivity contribution in [2.24, 2.45) is 0 Å². The molecule has 0 saturated carbocycles. The average Bonchev–Trinajstić information content (AvgIpc) is 2.59. The number of methoxy groups -OCH3 is 1. The molecule has 1 N–H and O–H groups in total. The van der Waals surface area contributed by atoms with Crippen molar-refractivity contribution in [2.45, 2.75) is 50.8 Å². The molecule has 0 aliphatic heterocycles. The van der Waals surface area contributed by atoms with Gasteiger partial charge in [-0.15, -0.1) is 0 Å². The van der Waals surface area contributed by atoms with Gasteiger partial charge in [-0.2, -0.15) is 8.42 Å². The van der Waals surface area contributed by atoms with Crippen molar-refractivity contribution in [2.75, 3.05) is 7.11 Å². The van der Waals surface area contributed by atoms with Gasteiger partial charge in [0.25, 0.3) is 10.1 Å². The predicted octanol–water partition coefficient (Wildman–Crippen LogP) is 5.06. The molecule has 0 amide bonds. The van der Waals surface area contributed by atoms with Gasteiger partial charge in [0.2, 0.25) is 0 Å². The fraction of sp³-hybridized carbons (Fsp3) is 0.400. The molecule has 0 aromatic heterocycles. The second kappa shape index (κ2) is 10.9. The van der Waals surface area contributed by atoms with E-state index in [1.54, 1.807) is 19.2 Å². The lowest BCUT2D eigenvalue weighted by molar-refractivity contribution is 0.414. The Morgan fingerprint density at radius 2 is 1.52 bits per heavy atom. The minimum atomic E-state index is -4.02. The van der Waals surface area contributed by atoms with Gasteiger partial charge in [-0.05, 0) is 49.6 Å². The molecular weight excluding hydrogens is 336 g/mol. The lowest BCUT2D eigenvalue weighted by atomic mass is 10.1. The van der Waals surface area contributed by atoms with E-state index in [0.717, 1.165) is 11.3 Å². The van der Waals surface area contributed by atoms with Gasteiger partial charge in [-0.1, -0.05) is 56.0 Å². The zero-order valence-corrected chi connectivity index (χ0v) is 16.1. The quantitative estimate of drug-likeness (QED) is 0.551. The molecule has 4 nitrogen and oxygen atoms in total. The summed E-state index contributed by atoms with van der Waals surface area (Å²) in [4.78, 5) is -0.0666. The zero-order chi connectivity index (χ0) is 18.7. The minimum Gasteiger partial charge on any atom is -0.497 e. The van der Waals surface area contributed by atoms with Gasteiger partial charge >= 0.3 is 0 Å². The molecular formula is C20H28O4S. The van der Waals surface area contributed by atoms with Gasteiger partial charge < -0.3 is 4.74 Å². The van der Waals surface area contributed by atoms with Crippen molar-refractivity contribution in [3.8, 4) is 5.75 Å². The maximum absolute atomic E-state index is 10.5. The normalized spacial score (nSPS) is 10.7. The van der Waals surface area contributed by atoms with Crippen molar-refractivity contribution in [1.82, 2.24) is 0 Å². The van der Waals surface area contributed by atoms with Crippen LogP contribution in [-0.2, 0) is 16.5 Å². The molecule has 0 radical (unpaired) electrons. The van der Waals surface area contributed by atoms with Gasteiger partial charge in [-0.25, -0.2) is 0 Å². The summed E-state index contributed by atoms with van der Waals surface area (Å²) in [6.07, 6.45) is 6.52. The molecule has 0 unspecified atom stereocenters. The van der Waals surface area contributed by atoms with Crippen LogP contribution in [0.2, 0.25) is 0 Å². The summed E-state index contributed by atoms with van der Waals surface area (Å²) < 4.78 is 34.7. The Kier molecular flexibility index (Phi) is 9.24. The summed E-state index contributed by atoms with van der Waals surface area (Å²) >= 11 is 0. The maximum Gasteiger partial charge on any atom is 0.294 e. The van der Waals surface area contributed by atoms with E-state index in [2.05, 4.69) is 19.1 Å². The molecule has 0 bridgehead atoms. The van der Waals surface area contributed by atoms with Crippen molar-refractivity contribution >= 4 is 10.1 Å². The van der Waals surface area contributed by atoms with Crippen molar-refractivity contribution in [1.29, 1.82) is 0 Å². The van der Waals surface area contributed by atoms with Gasteiger partial charge in [0.05, 0.1) is 12.0 Å². The van der Waals surface area contributed by atoms with Crippen LogP contribution in [0, 0.1) is 6.92 Å². The van der Waals surface area contributed by atoms with E-state index in [4.69, 9.17) is 9.29 Å². The largest absolute Gasteiger partial charge is 0.497 e. The molecule has 25 heavy (non-hydrogen) atoms. The molecule has 0 atom stereocenters. The number of aryl methyl sites for hydroxylation is 2. The molecule has 2 aromatic carbocycles. The van der Waals surface area contributed by atoms with E-state index >= 15 is 0 Å². The second-order valence-electron chi connectivity index (χ2n) is 5.95. The smallest absolute Gasteiger partial charge is 0.294 e. The fourth-order valence-corrected chi connectivity index (χ4v) is 2.74. The Morgan fingerprint density at radius 1 is 0.920 bits per heavy atom. The molecule has 2 rings (SSSR count). The lowest BCUT2D eigenvalue weighted by Crippen LogP contribution is -1.96. The SMILES string of the molecule is CCCCCCc1ccc(OC)cc1.Cc1ccc(S(=O)(=O)O)cc1. The van der Waals surface area contributed by atoms with Crippen molar-refractivity contribution in [3.05, 3.63) is 59.7 Å². The highest BCUT2D eigenvalue weighted by molar-refractivity contribution is 7.85. The number of benzene rings is 2. The Hall–Kier alpha value is -1.85. The Balaban J connectivity index is 0.000000257. The number of ether oxygens (including phenoxy) is 1. The molecule has 0 saturated heterocycles. The maximum atomic E-state index is 10.5. The number of hydrogen-bond donors (Lipinski definition) is 1. The van der Waals surface area contributed by atoms with Crippen LogP contribution < -0.4 is 4.74 Å². The molecule has 0 fully saturated rings. The van der Waals surface area contributed by atoms with E-state index < -0.39 is 10.1 Å². The van der Waals surface area contributed by atoms with E-state index in [9.17, 15) is 8.42 Å². The van der Waals surface area contributed by atoms with Crippen LogP contribution in [0.15, 0.2) is 53.4 Å². The Labute approximate surface area is 151 Å². The van der Waals surface area contributed by atoms with Gasteiger partial charge in [0, 0.05) is 0 Å². The Morgan fingerprint density at radius 3 is 2.00 bits per heavy atom. The van der Waals surface area contributed by atoms with Crippen molar-refractivity contribution in [3.63, 3.8) is 0 Å². The summed E-state index contributed by atoms with van der Waals surface area (Å²) in [5.41, 5.74) is 2.37. The summed E-state index contributed by atoms with van der Waals surface area (Å²) in [5.74, 6) is 0.947. The highest BCUT2D eigenvalue weighted by Gasteiger charge is 2.06. The molecule has 5 heteroatoms. The zero-order valence-electron chi connectivity index (χ0n) is 15.2. The van der Waals surface area contributed by atoms with Gasteiger partial charge in [0.1, 0.15) is 5.75 Å². The van der Waals surface area contributed by atoms with Gasteiger partial charge in [-0.3, -0.25) is 4.55 Å². The molecule has 138 valence electrons. The third-order valence-corrected chi connectivity index (χ3v) is 4.66. The second-order valence-corrected chi connectivity index (χ2v) is 7.37. The monoisotopic (exact) mass is 364 g/mol. The van der Waals surface area contributed by atoms with Crippen molar-refractivity contribution < 1.29 is 17.7 Å². The summed E-state index contributed by atoms with van der Waals surface area (Å²) in [7, 11) is -2.31. The number of rotatable bonds is 7. The van der Waals surface area contributed by atoms with Gasteiger partial charge in [0.15, 0.2) is 0 Å². The number of hydrogen-bond acceptors (Lipinski definition) is 3. The van der Waals surface area contributed by atoms with Crippen LogP contribution in [0.25, 0.3) is 0 Å². The molecule has 0 spiro atoms. The van der Waals surface area contributed by atoms with Crippen LogP contribution in [0.4, 0.5) is 0 Å². The highest BCUT2D eigenvalue weighted by atomic mass is 32.2. The van der Waals surface area contributed by atoms with Crippen LogP contribution in [0.1, 0.15) is 43.7 Å². The molecule has 0 heterocycles. The first-order valence-electron chi connectivity index (χ1n) is 8.54. The lowest BCUT2D eigenvalue weighted by Gasteiger charge is -2.03. The Bertz CT molecular complexity index is 704. The van der Waals surface area contributed by atoms with Crippen LogP contribution >= 0.6 is 0 Å². The van der Waals surface area contributed by atoms with Crippen LogP contribution in [0.3, 0.4) is 0 Å². The predicted molar refractivity (Wildman–Crippen MR) is 102 cm³/mol. The summed E-state index contributed by atoms with van der Waals surface area (Å²) in [6, 6.07) is 14.4. The third kappa shape index (κ3) is 8.70. The third-order valence-electron chi connectivity index (χ3n) is 3.80. The van der Waals surface area contributed by atoms with Crippen LogP contribution in [0.5, 0.6) is 5.75 Å². The number of unbranched alkanes of at least 4 members (excludes halogenated alkanes) is 3. The molecule has 0 aliphatic rings. The fourth-order valence-electron chi connectivity index (χ4n) is 2.26. The molecule has 2 aromatic rings. The van der Waals surface area contributed by atoms with E-state index in [1.807, 2.05) is 19.1 Å². The first-order chi connectivity index (χ1) is 11.9. The summed E-state index contributed by atoms with van der Waals surface area (Å²) in [6.45, 7) is 4.08. The standard InChI is InChI=1S/C13H20O.C7H8O3S/c1-3-4-5-6-7-12-8-10-13(14-2)11-9-12;1-6-2-4-7(5-3-6)11(8,9)10/h8-11H,3-7H2,1-2H3;2-5H,1H3,(H,8,9,10). The average molecular weight is 365 g/mol. The minimum absolute atomic E-state index is 0.0666.